The number of hydrogen-bond donors (Lipinski definition) is 0. The molecule has 24 heavy (non-hydrogen) atoms. The van der Waals surface area contributed by atoms with Gasteiger partial charge in [-0.25, -0.2) is 8.42 Å². The number of rotatable bonds is 4. The zero-order valence-electron chi connectivity index (χ0n) is 14.4. The van der Waals surface area contributed by atoms with Crippen molar-refractivity contribution in [2.45, 2.75) is 38.0 Å². The highest BCUT2D eigenvalue weighted by molar-refractivity contribution is 7.89. The van der Waals surface area contributed by atoms with Gasteiger partial charge in [-0.1, -0.05) is 6.07 Å². The molecule has 3 rings (SSSR count). The first-order valence-corrected chi connectivity index (χ1v) is 9.73. The lowest BCUT2D eigenvalue weighted by atomic mass is 9.94. The largest absolute Gasteiger partial charge is 0.274 e. The number of piperidine rings is 1. The van der Waals surface area contributed by atoms with Gasteiger partial charge in [0.25, 0.3) is 0 Å². The Bertz CT molecular complexity index is 829. The van der Waals surface area contributed by atoms with E-state index < -0.39 is 10.0 Å². The van der Waals surface area contributed by atoms with Crippen LogP contribution in [-0.2, 0) is 23.5 Å². The minimum absolute atomic E-state index is 0.305. The number of pyridine rings is 1. The van der Waals surface area contributed by atoms with E-state index in [-0.39, 0.29) is 0 Å². The van der Waals surface area contributed by atoms with Crippen molar-refractivity contribution >= 4 is 10.0 Å². The van der Waals surface area contributed by atoms with E-state index in [2.05, 4.69) is 10.1 Å². The number of aryl methyl sites for hydroxylation is 3. The lowest BCUT2D eigenvalue weighted by Gasteiger charge is -2.31. The van der Waals surface area contributed by atoms with Crippen LogP contribution in [0.15, 0.2) is 29.3 Å². The molecule has 0 aromatic carbocycles. The van der Waals surface area contributed by atoms with Gasteiger partial charge in [-0.3, -0.25) is 9.67 Å². The van der Waals surface area contributed by atoms with Gasteiger partial charge in [0.1, 0.15) is 4.90 Å². The molecule has 1 fully saturated rings. The van der Waals surface area contributed by atoms with Crippen LogP contribution in [0.1, 0.15) is 29.9 Å². The average Bonchev–Trinajstić information content (AvgIpc) is 2.87. The predicted molar refractivity (Wildman–Crippen MR) is 92.1 cm³/mol. The SMILES string of the molecule is Cc1cccc(C[C@@H]2CCCN(S(=O)(=O)c3cn(C)nc3C)C2)n1. The molecule has 0 amide bonds. The first-order chi connectivity index (χ1) is 11.4. The van der Waals surface area contributed by atoms with E-state index in [0.717, 1.165) is 30.7 Å². The van der Waals surface area contributed by atoms with E-state index in [1.54, 1.807) is 29.2 Å². The van der Waals surface area contributed by atoms with Crippen molar-refractivity contribution in [1.29, 1.82) is 0 Å². The molecule has 1 aliphatic rings. The third-order valence-corrected chi connectivity index (χ3v) is 6.48. The Morgan fingerprint density at radius 2 is 2.08 bits per heavy atom. The van der Waals surface area contributed by atoms with Gasteiger partial charge in [0.05, 0.1) is 5.69 Å². The molecular formula is C17H24N4O2S. The Labute approximate surface area is 143 Å². The lowest BCUT2D eigenvalue weighted by molar-refractivity contribution is 0.264. The van der Waals surface area contributed by atoms with E-state index in [1.165, 1.54) is 0 Å². The molecule has 0 aliphatic carbocycles. The smallest absolute Gasteiger partial charge is 0.246 e. The highest BCUT2D eigenvalue weighted by Crippen LogP contribution is 2.26. The van der Waals surface area contributed by atoms with Crippen molar-refractivity contribution < 1.29 is 8.42 Å². The monoisotopic (exact) mass is 348 g/mol. The molecule has 0 N–H and O–H groups in total. The van der Waals surface area contributed by atoms with Crippen molar-refractivity contribution in [3.63, 3.8) is 0 Å². The summed E-state index contributed by atoms with van der Waals surface area (Å²) in [6, 6.07) is 6.01. The summed E-state index contributed by atoms with van der Waals surface area (Å²) in [5, 5.41) is 4.17. The number of sulfonamides is 1. The molecule has 1 atom stereocenters. The summed E-state index contributed by atoms with van der Waals surface area (Å²) in [6.45, 7) is 4.85. The van der Waals surface area contributed by atoms with Crippen molar-refractivity contribution in [2.24, 2.45) is 13.0 Å². The zero-order valence-corrected chi connectivity index (χ0v) is 15.3. The molecule has 2 aromatic heterocycles. The molecule has 6 nitrogen and oxygen atoms in total. The van der Waals surface area contributed by atoms with E-state index in [9.17, 15) is 8.42 Å². The van der Waals surface area contributed by atoms with Crippen LogP contribution in [0.4, 0.5) is 0 Å². The third-order valence-electron chi connectivity index (χ3n) is 4.51. The van der Waals surface area contributed by atoms with Crippen molar-refractivity contribution in [3.8, 4) is 0 Å². The Morgan fingerprint density at radius 1 is 1.29 bits per heavy atom. The molecule has 1 saturated heterocycles. The Hall–Kier alpha value is -1.73. The number of aromatic nitrogens is 3. The molecule has 0 saturated carbocycles. The fourth-order valence-corrected chi connectivity index (χ4v) is 5.15. The van der Waals surface area contributed by atoms with E-state index >= 15 is 0 Å². The first-order valence-electron chi connectivity index (χ1n) is 8.29. The highest BCUT2D eigenvalue weighted by Gasteiger charge is 2.32. The van der Waals surface area contributed by atoms with Gasteiger partial charge in [0.2, 0.25) is 10.0 Å². The summed E-state index contributed by atoms with van der Waals surface area (Å²) >= 11 is 0. The number of hydrogen-bond acceptors (Lipinski definition) is 4. The Kier molecular flexibility index (Phi) is 4.73. The summed E-state index contributed by atoms with van der Waals surface area (Å²) in [6.07, 6.45) is 4.33. The molecule has 0 unspecified atom stereocenters. The molecule has 0 bridgehead atoms. The van der Waals surface area contributed by atoms with E-state index in [0.29, 0.717) is 29.6 Å². The van der Waals surface area contributed by atoms with Crippen molar-refractivity contribution in [1.82, 2.24) is 19.1 Å². The minimum atomic E-state index is -3.48. The van der Waals surface area contributed by atoms with Gasteiger partial charge < -0.3 is 0 Å². The normalized spacial score (nSPS) is 19.5. The summed E-state index contributed by atoms with van der Waals surface area (Å²) in [5.74, 6) is 0.305. The summed E-state index contributed by atoms with van der Waals surface area (Å²) < 4.78 is 29.0. The van der Waals surface area contributed by atoms with Crippen molar-refractivity contribution in [3.05, 3.63) is 41.5 Å². The van der Waals surface area contributed by atoms with Crippen LogP contribution in [0.25, 0.3) is 0 Å². The van der Waals surface area contributed by atoms with Gasteiger partial charge >= 0.3 is 0 Å². The maximum absolute atomic E-state index is 12.9. The first kappa shape index (κ1) is 17.1. The molecule has 1 aliphatic heterocycles. The lowest BCUT2D eigenvalue weighted by Crippen LogP contribution is -2.40. The fourth-order valence-electron chi connectivity index (χ4n) is 3.39. The third kappa shape index (κ3) is 3.52. The van der Waals surface area contributed by atoms with Crippen LogP contribution in [0.2, 0.25) is 0 Å². The van der Waals surface area contributed by atoms with Crippen LogP contribution >= 0.6 is 0 Å². The molecule has 130 valence electrons. The Balaban J connectivity index is 1.76. The molecule has 7 heteroatoms. The Morgan fingerprint density at radius 3 is 2.75 bits per heavy atom. The second-order valence-corrected chi connectivity index (χ2v) is 8.50. The molecule has 0 spiro atoms. The second kappa shape index (κ2) is 6.64. The second-order valence-electron chi connectivity index (χ2n) is 6.60. The highest BCUT2D eigenvalue weighted by atomic mass is 32.2. The van der Waals surface area contributed by atoms with Crippen LogP contribution < -0.4 is 0 Å². The van der Waals surface area contributed by atoms with Crippen molar-refractivity contribution in [2.75, 3.05) is 13.1 Å². The van der Waals surface area contributed by atoms with Crippen LogP contribution in [0.3, 0.4) is 0 Å². The van der Waals surface area contributed by atoms with Gasteiger partial charge in [0.15, 0.2) is 0 Å². The van der Waals surface area contributed by atoms with Crippen LogP contribution in [-0.4, -0.2) is 40.6 Å². The molecular weight excluding hydrogens is 324 g/mol. The van der Waals surface area contributed by atoms with Gasteiger partial charge in [-0.15, -0.1) is 0 Å². The van der Waals surface area contributed by atoms with E-state index in [1.807, 2.05) is 25.1 Å². The quantitative estimate of drug-likeness (QED) is 0.848. The zero-order chi connectivity index (χ0) is 17.3. The van der Waals surface area contributed by atoms with Gasteiger partial charge in [0, 0.05) is 37.7 Å². The minimum Gasteiger partial charge on any atom is -0.274 e. The molecule has 3 heterocycles. The van der Waals surface area contributed by atoms with Crippen LogP contribution in [0.5, 0.6) is 0 Å². The van der Waals surface area contributed by atoms with Crippen LogP contribution in [0, 0.1) is 19.8 Å². The molecule has 2 aromatic rings. The summed E-state index contributed by atoms with van der Waals surface area (Å²) in [4.78, 5) is 4.87. The van der Waals surface area contributed by atoms with Gasteiger partial charge in [-0.2, -0.15) is 9.40 Å². The number of nitrogens with zero attached hydrogens (tertiary/aromatic N) is 4. The molecule has 0 radical (unpaired) electrons. The summed E-state index contributed by atoms with van der Waals surface area (Å²) in [5.41, 5.74) is 2.59. The standard InChI is InChI=1S/C17H24N4O2S/c1-13-6-4-8-16(18-13)10-15-7-5-9-21(11-15)24(22,23)17-12-20(3)19-14(17)2/h4,6,8,12,15H,5,7,9-11H2,1-3H3/t15-/m0/s1. The topological polar surface area (TPSA) is 68.1 Å². The predicted octanol–water partition coefficient (Wildman–Crippen LogP) is 2.08. The van der Waals surface area contributed by atoms with Gasteiger partial charge in [-0.05, 0) is 51.2 Å². The maximum Gasteiger partial charge on any atom is 0.246 e. The van der Waals surface area contributed by atoms with E-state index in [4.69, 9.17) is 0 Å². The maximum atomic E-state index is 12.9. The fraction of sp³-hybridized carbons (Fsp3) is 0.529. The average molecular weight is 348 g/mol. The summed E-state index contributed by atoms with van der Waals surface area (Å²) in [7, 11) is -1.73.